The smallest absolute Gasteiger partial charge is 0.319 e. The molecule has 7 nitrogen and oxygen atoms in total. The van der Waals surface area contributed by atoms with E-state index >= 15 is 0 Å². The van der Waals surface area contributed by atoms with Crippen molar-refractivity contribution < 1.29 is 14.3 Å². The van der Waals surface area contributed by atoms with Gasteiger partial charge in [0.1, 0.15) is 6.61 Å². The third-order valence-corrected chi connectivity index (χ3v) is 4.47. The number of aromatic nitrogens is 2. The zero-order valence-corrected chi connectivity index (χ0v) is 15.7. The summed E-state index contributed by atoms with van der Waals surface area (Å²) in [6.07, 6.45) is 3.20. The molecule has 0 spiro atoms. The maximum absolute atomic E-state index is 12.1. The summed E-state index contributed by atoms with van der Waals surface area (Å²) in [6.45, 7) is 1.37. The number of amides is 2. The average molecular weight is 399 g/mol. The normalized spacial score (nSPS) is 15.1. The molecule has 4 rings (SSSR count). The maximum atomic E-state index is 12.1. The van der Waals surface area contributed by atoms with Gasteiger partial charge in [-0.05, 0) is 29.8 Å². The molecule has 2 N–H and O–H groups in total. The van der Waals surface area contributed by atoms with E-state index in [0.717, 1.165) is 17.1 Å². The number of ether oxygens (including phenoxy) is 2. The second-order valence-corrected chi connectivity index (χ2v) is 6.82. The number of nitrogens with one attached hydrogen (secondary N) is 2. The van der Waals surface area contributed by atoms with E-state index in [1.54, 1.807) is 29.2 Å². The topological polar surface area (TPSA) is 77.4 Å². The molecule has 0 radical (unpaired) electrons. The number of hydrogen-bond donors (Lipinski definition) is 2. The number of carbonyl (C=O) groups is 1. The lowest BCUT2D eigenvalue weighted by molar-refractivity contribution is 0.0759. The molecule has 1 aliphatic heterocycles. The Morgan fingerprint density at radius 3 is 2.79 bits per heavy atom. The van der Waals surface area contributed by atoms with Crippen molar-refractivity contribution in [1.82, 2.24) is 15.1 Å². The molecule has 1 aliphatic rings. The van der Waals surface area contributed by atoms with Gasteiger partial charge in [-0.1, -0.05) is 35.9 Å². The Kier molecular flexibility index (Phi) is 5.34. The fourth-order valence-electron chi connectivity index (χ4n) is 2.85. The van der Waals surface area contributed by atoms with Crippen LogP contribution < -0.4 is 20.1 Å². The summed E-state index contributed by atoms with van der Waals surface area (Å²) in [5, 5.41) is 10.5. The van der Waals surface area contributed by atoms with Crippen LogP contribution >= 0.6 is 11.6 Å². The molecule has 3 aromatic rings. The summed E-state index contributed by atoms with van der Waals surface area (Å²) >= 11 is 5.85. The lowest BCUT2D eigenvalue weighted by Crippen LogP contribution is -2.33. The molecule has 2 amide bonds. The van der Waals surface area contributed by atoms with Gasteiger partial charge in [-0.25, -0.2) is 4.79 Å². The number of urea groups is 1. The minimum absolute atomic E-state index is 0.151. The van der Waals surface area contributed by atoms with E-state index in [4.69, 9.17) is 21.1 Å². The maximum Gasteiger partial charge on any atom is 0.319 e. The summed E-state index contributed by atoms with van der Waals surface area (Å²) < 4.78 is 13.4. The van der Waals surface area contributed by atoms with Crippen LogP contribution in [-0.2, 0) is 13.1 Å². The number of para-hydroxylation sites is 2. The highest BCUT2D eigenvalue weighted by Crippen LogP contribution is 2.31. The zero-order chi connectivity index (χ0) is 19.3. The summed E-state index contributed by atoms with van der Waals surface area (Å²) in [4.78, 5) is 12.1. The Morgan fingerprint density at radius 1 is 1.18 bits per heavy atom. The average Bonchev–Trinajstić information content (AvgIpc) is 3.14. The predicted molar refractivity (Wildman–Crippen MR) is 106 cm³/mol. The van der Waals surface area contributed by atoms with Crippen LogP contribution in [0.25, 0.3) is 0 Å². The number of benzene rings is 2. The van der Waals surface area contributed by atoms with Crippen LogP contribution in [0, 0.1) is 0 Å². The third-order valence-electron chi connectivity index (χ3n) is 4.22. The summed E-state index contributed by atoms with van der Waals surface area (Å²) in [6, 6.07) is 14.6. The zero-order valence-electron chi connectivity index (χ0n) is 15.0. The lowest BCUT2D eigenvalue weighted by atomic mass is 10.2. The highest BCUT2D eigenvalue weighted by atomic mass is 35.5. The Labute approximate surface area is 167 Å². The van der Waals surface area contributed by atoms with E-state index in [-0.39, 0.29) is 12.1 Å². The summed E-state index contributed by atoms with van der Waals surface area (Å²) in [5.41, 5.74) is 1.57. The van der Waals surface area contributed by atoms with Gasteiger partial charge in [0.05, 0.1) is 18.4 Å². The molecule has 144 valence electrons. The minimum Gasteiger partial charge on any atom is -0.486 e. The first-order valence-electron chi connectivity index (χ1n) is 8.86. The van der Waals surface area contributed by atoms with Crippen molar-refractivity contribution in [1.29, 1.82) is 0 Å². The number of fused-ring (bicyclic) bond motifs is 1. The van der Waals surface area contributed by atoms with Crippen molar-refractivity contribution >= 4 is 23.3 Å². The second-order valence-electron chi connectivity index (χ2n) is 6.38. The summed E-state index contributed by atoms with van der Waals surface area (Å²) in [5.74, 6) is 1.48. The van der Waals surface area contributed by atoms with Crippen LogP contribution in [-0.4, -0.2) is 28.5 Å². The molecule has 2 heterocycles. The quantitative estimate of drug-likeness (QED) is 0.687. The van der Waals surface area contributed by atoms with Crippen LogP contribution in [0.4, 0.5) is 10.5 Å². The minimum atomic E-state index is -0.305. The van der Waals surface area contributed by atoms with Crippen LogP contribution in [0.15, 0.2) is 60.9 Å². The molecule has 1 aromatic heterocycles. The Bertz CT molecular complexity index is 958. The van der Waals surface area contributed by atoms with E-state index in [1.807, 2.05) is 36.4 Å². The number of anilines is 1. The van der Waals surface area contributed by atoms with Gasteiger partial charge in [-0.3, -0.25) is 4.68 Å². The largest absolute Gasteiger partial charge is 0.486 e. The predicted octanol–water partition coefficient (Wildman–Crippen LogP) is 3.70. The van der Waals surface area contributed by atoms with Crippen molar-refractivity contribution in [3.05, 3.63) is 71.5 Å². The van der Waals surface area contributed by atoms with Crippen LogP contribution in [0.1, 0.15) is 5.56 Å². The molecule has 0 aliphatic carbocycles. The molecule has 0 saturated heterocycles. The first-order chi connectivity index (χ1) is 13.7. The van der Waals surface area contributed by atoms with E-state index < -0.39 is 0 Å². The highest BCUT2D eigenvalue weighted by molar-refractivity contribution is 6.30. The fraction of sp³-hybridized carbons (Fsp3) is 0.200. The SMILES string of the molecule is O=C(NCc1ccc(Cl)cc1)Nc1cnn(CC2COc3ccccc3O2)c1. The molecular formula is C20H19ClN4O3. The van der Waals surface area contributed by atoms with Gasteiger partial charge in [0.15, 0.2) is 17.6 Å². The molecule has 2 aromatic carbocycles. The van der Waals surface area contributed by atoms with Crippen LogP contribution in [0.3, 0.4) is 0 Å². The Hall–Kier alpha value is -3.19. The van der Waals surface area contributed by atoms with Gasteiger partial charge in [-0.2, -0.15) is 5.10 Å². The van der Waals surface area contributed by atoms with Gasteiger partial charge in [-0.15, -0.1) is 0 Å². The highest BCUT2D eigenvalue weighted by Gasteiger charge is 2.21. The van der Waals surface area contributed by atoms with Crippen molar-refractivity contribution in [2.24, 2.45) is 0 Å². The fourth-order valence-corrected chi connectivity index (χ4v) is 2.98. The number of carbonyl (C=O) groups excluding carboxylic acids is 1. The molecule has 0 saturated carbocycles. The third kappa shape index (κ3) is 4.55. The van der Waals surface area contributed by atoms with Crippen LogP contribution in [0.5, 0.6) is 11.5 Å². The monoisotopic (exact) mass is 398 g/mol. The first kappa shape index (κ1) is 18.2. The van der Waals surface area contributed by atoms with Gasteiger partial charge in [0.2, 0.25) is 0 Å². The molecule has 28 heavy (non-hydrogen) atoms. The number of hydrogen-bond acceptors (Lipinski definition) is 4. The lowest BCUT2D eigenvalue weighted by Gasteiger charge is -2.26. The van der Waals surface area contributed by atoms with Crippen molar-refractivity contribution in [2.45, 2.75) is 19.2 Å². The molecule has 0 bridgehead atoms. The molecule has 1 atom stereocenters. The van der Waals surface area contributed by atoms with Crippen molar-refractivity contribution in [3.8, 4) is 11.5 Å². The first-order valence-corrected chi connectivity index (χ1v) is 9.24. The second kappa shape index (κ2) is 8.22. The number of rotatable bonds is 5. The number of halogens is 1. The van der Waals surface area contributed by atoms with Gasteiger partial charge in [0, 0.05) is 17.8 Å². The van der Waals surface area contributed by atoms with Gasteiger partial charge < -0.3 is 20.1 Å². The van der Waals surface area contributed by atoms with E-state index in [0.29, 0.717) is 30.4 Å². The summed E-state index contributed by atoms with van der Waals surface area (Å²) in [7, 11) is 0. The van der Waals surface area contributed by atoms with Gasteiger partial charge in [0.25, 0.3) is 0 Å². The van der Waals surface area contributed by atoms with Crippen molar-refractivity contribution in [2.75, 3.05) is 11.9 Å². The van der Waals surface area contributed by atoms with Crippen LogP contribution in [0.2, 0.25) is 5.02 Å². The van der Waals surface area contributed by atoms with E-state index in [2.05, 4.69) is 15.7 Å². The van der Waals surface area contributed by atoms with Gasteiger partial charge >= 0.3 is 6.03 Å². The van der Waals surface area contributed by atoms with Crippen molar-refractivity contribution in [3.63, 3.8) is 0 Å². The Morgan fingerprint density at radius 2 is 1.96 bits per heavy atom. The number of nitrogens with zero attached hydrogens (tertiary/aromatic N) is 2. The Balaban J connectivity index is 1.27. The molecule has 1 unspecified atom stereocenters. The van der Waals surface area contributed by atoms with E-state index in [1.165, 1.54) is 0 Å². The molecule has 0 fully saturated rings. The molecular weight excluding hydrogens is 380 g/mol. The van der Waals surface area contributed by atoms with E-state index in [9.17, 15) is 4.79 Å². The standard InChI is InChI=1S/C20H19ClN4O3/c21-15-7-5-14(6-8-15)9-22-20(26)24-16-10-23-25(11-16)12-17-13-27-18-3-1-2-4-19(18)28-17/h1-8,10-11,17H,9,12-13H2,(H2,22,24,26). The molecule has 8 heteroatoms.